The summed E-state index contributed by atoms with van der Waals surface area (Å²) in [6, 6.07) is 3.94. The van der Waals surface area contributed by atoms with Crippen molar-refractivity contribution in [2.45, 2.75) is 25.3 Å². The molecular formula is C11H13FN2O2. The van der Waals surface area contributed by atoms with Gasteiger partial charge in [-0.2, -0.15) is 0 Å². The highest BCUT2D eigenvalue weighted by molar-refractivity contribution is 5.35. The van der Waals surface area contributed by atoms with Gasteiger partial charge in [0.2, 0.25) is 0 Å². The molecule has 0 aliphatic carbocycles. The lowest BCUT2D eigenvalue weighted by molar-refractivity contribution is -0.385. The van der Waals surface area contributed by atoms with Gasteiger partial charge >= 0.3 is 0 Å². The van der Waals surface area contributed by atoms with E-state index in [4.69, 9.17) is 0 Å². The highest BCUT2D eigenvalue weighted by atomic mass is 19.1. The van der Waals surface area contributed by atoms with E-state index in [1.54, 1.807) is 0 Å². The Kier molecular flexibility index (Phi) is 3.14. The SMILES string of the molecule is O=[N+]([O-])c1ccc(F)c(CC2CCCN2)c1. The van der Waals surface area contributed by atoms with Gasteiger partial charge in [0.15, 0.2) is 0 Å². The Hall–Kier alpha value is -1.49. The van der Waals surface area contributed by atoms with Crippen LogP contribution in [0.1, 0.15) is 18.4 Å². The van der Waals surface area contributed by atoms with Crippen LogP contribution in [0.15, 0.2) is 18.2 Å². The van der Waals surface area contributed by atoms with Crippen molar-refractivity contribution in [3.63, 3.8) is 0 Å². The minimum Gasteiger partial charge on any atom is -0.314 e. The molecule has 1 unspecified atom stereocenters. The molecular weight excluding hydrogens is 211 g/mol. The molecule has 4 nitrogen and oxygen atoms in total. The summed E-state index contributed by atoms with van der Waals surface area (Å²) < 4.78 is 13.4. The molecule has 0 bridgehead atoms. The summed E-state index contributed by atoms with van der Waals surface area (Å²) in [7, 11) is 0. The van der Waals surface area contributed by atoms with E-state index in [-0.39, 0.29) is 17.5 Å². The van der Waals surface area contributed by atoms with Crippen molar-refractivity contribution in [1.82, 2.24) is 5.32 Å². The second-order valence-corrected chi connectivity index (χ2v) is 4.03. The summed E-state index contributed by atoms with van der Waals surface area (Å²) in [6.45, 7) is 0.946. The lowest BCUT2D eigenvalue weighted by Crippen LogP contribution is -2.24. The fraction of sp³-hybridized carbons (Fsp3) is 0.455. The molecule has 1 aromatic carbocycles. The average molecular weight is 224 g/mol. The molecule has 1 aromatic rings. The van der Waals surface area contributed by atoms with E-state index in [9.17, 15) is 14.5 Å². The summed E-state index contributed by atoms with van der Waals surface area (Å²) >= 11 is 0. The van der Waals surface area contributed by atoms with Gasteiger partial charge in [0, 0.05) is 18.2 Å². The van der Waals surface area contributed by atoms with Crippen LogP contribution in [0.2, 0.25) is 0 Å². The van der Waals surface area contributed by atoms with Crippen LogP contribution in [-0.2, 0) is 6.42 Å². The molecule has 1 atom stereocenters. The first-order chi connectivity index (χ1) is 7.66. The number of nitro benzene ring substituents is 1. The van der Waals surface area contributed by atoms with E-state index in [0.717, 1.165) is 19.4 Å². The third-order valence-corrected chi connectivity index (χ3v) is 2.87. The van der Waals surface area contributed by atoms with E-state index in [1.165, 1.54) is 18.2 Å². The molecule has 1 fully saturated rings. The van der Waals surface area contributed by atoms with Crippen LogP contribution < -0.4 is 5.32 Å². The fourth-order valence-corrected chi connectivity index (χ4v) is 2.03. The number of non-ortho nitro benzene ring substituents is 1. The van der Waals surface area contributed by atoms with Crippen LogP contribution in [0.4, 0.5) is 10.1 Å². The van der Waals surface area contributed by atoms with Crippen LogP contribution >= 0.6 is 0 Å². The fourth-order valence-electron chi connectivity index (χ4n) is 2.03. The predicted octanol–water partition coefficient (Wildman–Crippen LogP) is 2.03. The highest BCUT2D eigenvalue weighted by Crippen LogP contribution is 2.20. The first-order valence-electron chi connectivity index (χ1n) is 5.33. The van der Waals surface area contributed by atoms with Gasteiger partial charge in [-0.15, -0.1) is 0 Å². The molecule has 0 amide bonds. The van der Waals surface area contributed by atoms with Crippen LogP contribution in [0.5, 0.6) is 0 Å². The largest absolute Gasteiger partial charge is 0.314 e. The second kappa shape index (κ2) is 4.57. The maximum atomic E-state index is 13.4. The van der Waals surface area contributed by atoms with E-state index in [1.807, 2.05) is 0 Å². The molecule has 0 radical (unpaired) electrons. The highest BCUT2D eigenvalue weighted by Gasteiger charge is 2.18. The lowest BCUT2D eigenvalue weighted by atomic mass is 10.0. The van der Waals surface area contributed by atoms with Crippen molar-refractivity contribution < 1.29 is 9.31 Å². The Bertz CT molecular complexity index is 403. The van der Waals surface area contributed by atoms with Gasteiger partial charge in [0.1, 0.15) is 5.82 Å². The van der Waals surface area contributed by atoms with E-state index in [0.29, 0.717) is 12.0 Å². The van der Waals surface area contributed by atoms with Crippen LogP contribution in [-0.4, -0.2) is 17.5 Å². The zero-order valence-electron chi connectivity index (χ0n) is 8.78. The molecule has 16 heavy (non-hydrogen) atoms. The molecule has 0 saturated carbocycles. The normalized spacial score (nSPS) is 19.9. The van der Waals surface area contributed by atoms with Crippen molar-refractivity contribution in [1.29, 1.82) is 0 Å². The summed E-state index contributed by atoms with van der Waals surface area (Å²) in [5.74, 6) is -0.362. The molecule has 1 aliphatic rings. The quantitative estimate of drug-likeness (QED) is 0.631. The predicted molar refractivity (Wildman–Crippen MR) is 57.8 cm³/mol. The van der Waals surface area contributed by atoms with Crippen LogP contribution in [0.25, 0.3) is 0 Å². The summed E-state index contributed by atoms with van der Waals surface area (Å²) in [5, 5.41) is 13.8. The number of hydrogen-bond acceptors (Lipinski definition) is 3. The van der Waals surface area contributed by atoms with Crippen molar-refractivity contribution in [3.8, 4) is 0 Å². The van der Waals surface area contributed by atoms with Gasteiger partial charge in [-0.1, -0.05) is 0 Å². The lowest BCUT2D eigenvalue weighted by Gasteiger charge is -2.10. The van der Waals surface area contributed by atoms with Gasteiger partial charge in [-0.05, 0) is 37.4 Å². The summed E-state index contributed by atoms with van der Waals surface area (Å²) in [5.41, 5.74) is 0.378. The van der Waals surface area contributed by atoms with Gasteiger partial charge in [0.25, 0.3) is 5.69 Å². The minimum atomic E-state index is -0.495. The molecule has 1 aliphatic heterocycles. The molecule has 0 spiro atoms. The van der Waals surface area contributed by atoms with Crippen LogP contribution in [0.3, 0.4) is 0 Å². The summed E-state index contributed by atoms with van der Waals surface area (Å²) in [4.78, 5) is 10.1. The number of nitrogens with one attached hydrogen (secondary N) is 1. The number of benzene rings is 1. The molecule has 1 saturated heterocycles. The van der Waals surface area contributed by atoms with Gasteiger partial charge < -0.3 is 5.32 Å². The monoisotopic (exact) mass is 224 g/mol. The molecule has 5 heteroatoms. The zero-order valence-corrected chi connectivity index (χ0v) is 8.78. The standard InChI is InChI=1S/C11H13FN2O2/c12-11-4-3-10(14(15)16)7-8(11)6-9-2-1-5-13-9/h3-4,7,9,13H,1-2,5-6H2. The van der Waals surface area contributed by atoms with Gasteiger partial charge in [-0.25, -0.2) is 4.39 Å². The van der Waals surface area contributed by atoms with Crippen molar-refractivity contribution in [3.05, 3.63) is 39.7 Å². The average Bonchev–Trinajstić information content (AvgIpc) is 2.73. The Balaban J connectivity index is 2.17. The molecule has 0 aromatic heterocycles. The summed E-state index contributed by atoms with van der Waals surface area (Å²) in [6.07, 6.45) is 2.61. The van der Waals surface area contributed by atoms with E-state index < -0.39 is 4.92 Å². The Morgan fingerprint density at radius 1 is 1.56 bits per heavy atom. The third-order valence-electron chi connectivity index (χ3n) is 2.87. The molecule has 1 N–H and O–H groups in total. The zero-order chi connectivity index (χ0) is 11.5. The van der Waals surface area contributed by atoms with E-state index >= 15 is 0 Å². The Labute approximate surface area is 92.6 Å². The Morgan fingerprint density at radius 3 is 3.00 bits per heavy atom. The minimum absolute atomic E-state index is 0.0469. The van der Waals surface area contributed by atoms with Crippen molar-refractivity contribution >= 4 is 5.69 Å². The number of rotatable bonds is 3. The number of nitrogens with zero attached hydrogens (tertiary/aromatic N) is 1. The third kappa shape index (κ3) is 2.36. The molecule has 1 heterocycles. The number of halogens is 1. The van der Waals surface area contributed by atoms with Crippen molar-refractivity contribution in [2.75, 3.05) is 6.54 Å². The Morgan fingerprint density at radius 2 is 2.38 bits per heavy atom. The first-order valence-corrected chi connectivity index (χ1v) is 5.33. The maximum absolute atomic E-state index is 13.4. The van der Waals surface area contributed by atoms with E-state index in [2.05, 4.69) is 5.32 Å². The topological polar surface area (TPSA) is 55.2 Å². The van der Waals surface area contributed by atoms with Crippen molar-refractivity contribution in [2.24, 2.45) is 0 Å². The second-order valence-electron chi connectivity index (χ2n) is 4.03. The molecule has 2 rings (SSSR count). The smallest absolute Gasteiger partial charge is 0.269 e. The molecule has 86 valence electrons. The first kappa shape index (κ1) is 11.0. The number of hydrogen-bond donors (Lipinski definition) is 1. The maximum Gasteiger partial charge on any atom is 0.269 e. The number of nitro groups is 1. The van der Waals surface area contributed by atoms with Gasteiger partial charge in [0.05, 0.1) is 4.92 Å². The van der Waals surface area contributed by atoms with Crippen LogP contribution in [0, 0.1) is 15.9 Å². The van der Waals surface area contributed by atoms with Gasteiger partial charge in [-0.3, -0.25) is 10.1 Å².